The standard InChI is InChI=1S/C13H8Cl2FN3O2S/c14-9-3-2-8(6-10(9)15)17-13(22)18-11-4-1-7(16)5-12(11)19(20)21/h1-6H,(H2,17,18,22). The van der Waals surface area contributed by atoms with Crippen molar-refractivity contribution >= 4 is 57.6 Å². The van der Waals surface area contributed by atoms with Crippen LogP contribution >= 0.6 is 35.4 Å². The van der Waals surface area contributed by atoms with Gasteiger partial charge in [-0.3, -0.25) is 10.1 Å². The Morgan fingerprint density at radius 2 is 1.86 bits per heavy atom. The maximum absolute atomic E-state index is 13.1. The van der Waals surface area contributed by atoms with Crippen LogP contribution in [0.15, 0.2) is 36.4 Å². The molecule has 0 aliphatic carbocycles. The van der Waals surface area contributed by atoms with Gasteiger partial charge in [-0.25, -0.2) is 4.39 Å². The number of nitro groups is 1. The van der Waals surface area contributed by atoms with E-state index in [9.17, 15) is 14.5 Å². The van der Waals surface area contributed by atoms with Gasteiger partial charge < -0.3 is 10.6 Å². The molecule has 0 saturated carbocycles. The van der Waals surface area contributed by atoms with Gasteiger partial charge in [-0.1, -0.05) is 23.2 Å². The fourth-order valence-electron chi connectivity index (χ4n) is 1.62. The molecule has 0 atom stereocenters. The number of nitrogens with zero attached hydrogens (tertiary/aromatic N) is 1. The lowest BCUT2D eigenvalue weighted by atomic mass is 10.2. The molecule has 0 bridgehead atoms. The van der Waals surface area contributed by atoms with E-state index in [1.807, 2.05) is 0 Å². The molecule has 2 N–H and O–H groups in total. The molecule has 0 unspecified atom stereocenters. The summed E-state index contributed by atoms with van der Waals surface area (Å²) in [6.45, 7) is 0. The SMILES string of the molecule is O=[N+]([O-])c1cc(F)ccc1NC(=S)Nc1ccc(Cl)c(Cl)c1. The summed E-state index contributed by atoms with van der Waals surface area (Å²) in [7, 11) is 0. The van der Waals surface area contributed by atoms with Crippen LogP contribution in [0, 0.1) is 15.9 Å². The van der Waals surface area contributed by atoms with Crippen molar-refractivity contribution in [2.75, 3.05) is 10.6 Å². The summed E-state index contributed by atoms with van der Waals surface area (Å²) < 4.78 is 13.1. The highest BCUT2D eigenvalue weighted by Crippen LogP contribution is 2.27. The van der Waals surface area contributed by atoms with E-state index < -0.39 is 16.4 Å². The van der Waals surface area contributed by atoms with Crippen molar-refractivity contribution in [3.63, 3.8) is 0 Å². The van der Waals surface area contributed by atoms with Gasteiger partial charge in [0.25, 0.3) is 5.69 Å². The maximum atomic E-state index is 13.1. The molecule has 0 amide bonds. The van der Waals surface area contributed by atoms with Crippen molar-refractivity contribution in [1.82, 2.24) is 0 Å². The molecule has 9 heteroatoms. The van der Waals surface area contributed by atoms with Gasteiger partial charge in [0.2, 0.25) is 0 Å². The number of hydrogen-bond donors (Lipinski definition) is 2. The minimum Gasteiger partial charge on any atom is -0.332 e. The van der Waals surface area contributed by atoms with Crippen LogP contribution in [0.4, 0.5) is 21.5 Å². The molecule has 114 valence electrons. The normalized spacial score (nSPS) is 10.1. The lowest BCUT2D eigenvalue weighted by Crippen LogP contribution is -2.19. The Labute approximate surface area is 140 Å². The highest BCUT2D eigenvalue weighted by atomic mass is 35.5. The van der Waals surface area contributed by atoms with Crippen molar-refractivity contribution in [2.45, 2.75) is 0 Å². The predicted molar refractivity (Wildman–Crippen MR) is 89.4 cm³/mol. The number of hydrogen-bond acceptors (Lipinski definition) is 3. The Balaban J connectivity index is 2.15. The molecule has 0 spiro atoms. The Morgan fingerprint density at radius 3 is 2.50 bits per heavy atom. The molecule has 22 heavy (non-hydrogen) atoms. The Kier molecular flexibility index (Phi) is 5.12. The van der Waals surface area contributed by atoms with Gasteiger partial charge in [0.15, 0.2) is 5.11 Å². The van der Waals surface area contributed by atoms with Gasteiger partial charge in [-0.05, 0) is 42.5 Å². The van der Waals surface area contributed by atoms with Crippen LogP contribution in [0.5, 0.6) is 0 Å². The van der Waals surface area contributed by atoms with Crippen LogP contribution in [0.2, 0.25) is 10.0 Å². The first-order valence-electron chi connectivity index (χ1n) is 5.84. The van der Waals surface area contributed by atoms with Gasteiger partial charge in [0.05, 0.1) is 21.0 Å². The fraction of sp³-hybridized carbons (Fsp3) is 0. The topological polar surface area (TPSA) is 67.2 Å². The molecule has 2 rings (SSSR count). The predicted octanol–water partition coefficient (Wildman–Crippen LogP) is 4.85. The van der Waals surface area contributed by atoms with E-state index in [0.717, 1.165) is 12.1 Å². The van der Waals surface area contributed by atoms with E-state index >= 15 is 0 Å². The van der Waals surface area contributed by atoms with Gasteiger partial charge in [-0.15, -0.1) is 0 Å². The highest BCUT2D eigenvalue weighted by molar-refractivity contribution is 7.80. The average molecular weight is 360 g/mol. The Bertz CT molecular complexity index is 758. The number of nitro benzene ring substituents is 1. The molecule has 0 aliphatic rings. The summed E-state index contributed by atoms with van der Waals surface area (Å²) in [6, 6.07) is 7.91. The van der Waals surface area contributed by atoms with Gasteiger partial charge in [0.1, 0.15) is 11.5 Å². The summed E-state index contributed by atoms with van der Waals surface area (Å²) in [5.74, 6) is -0.708. The van der Waals surface area contributed by atoms with Crippen LogP contribution in [-0.2, 0) is 0 Å². The molecule has 2 aromatic carbocycles. The zero-order chi connectivity index (χ0) is 16.3. The van der Waals surface area contributed by atoms with E-state index in [1.54, 1.807) is 18.2 Å². The average Bonchev–Trinajstić information content (AvgIpc) is 2.44. The summed E-state index contributed by atoms with van der Waals surface area (Å²) in [5.41, 5.74) is 0.207. The van der Waals surface area contributed by atoms with Crippen molar-refractivity contribution < 1.29 is 9.31 Å². The highest BCUT2D eigenvalue weighted by Gasteiger charge is 2.15. The van der Waals surface area contributed by atoms with E-state index in [2.05, 4.69) is 10.6 Å². The summed E-state index contributed by atoms with van der Waals surface area (Å²) in [5, 5.41) is 17.2. The van der Waals surface area contributed by atoms with E-state index in [1.165, 1.54) is 6.07 Å². The van der Waals surface area contributed by atoms with Crippen LogP contribution < -0.4 is 10.6 Å². The zero-order valence-corrected chi connectivity index (χ0v) is 13.1. The third-order valence-electron chi connectivity index (χ3n) is 2.58. The monoisotopic (exact) mass is 359 g/mol. The molecule has 0 aromatic heterocycles. The third kappa shape index (κ3) is 4.03. The lowest BCUT2D eigenvalue weighted by Gasteiger charge is -2.11. The molecule has 0 fully saturated rings. The van der Waals surface area contributed by atoms with Crippen LogP contribution in [-0.4, -0.2) is 10.0 Å². The summed E-state index contributed by atoms with van der Waals surface area (Å²) in [4.78, 5) is 10.2. The third-order valence-corrected chi connectivity index (χ3v) is 3.53. The molecular weight excluding hydrogens is 352 g/mol. The number of nitrogens with one attached hydrogen (secondary N) is 2. The molecule has 0 saturated heterocycles. The quantitative estimate of drug-likeness (QED) is 0.465. The zero-order valence-electron chi connectivity index (χ0n) is 10.8. The molecule has 0 radical (unpaired) electrons. The van der Waals surface area contributed by atoms with Gasteiger partial charge in [-0.2, -0.15) is 0 Å². The lowest BCUT2D eigenvalue weighted by molar-refractivity contribution is -0.384. The molecule has 2 aromatic rings. The second-order valence-electron chi connectivity index (χ2n) is 4.13. The van der Waals surface area contributed by atoms with Crippen LogP contribution in [0.25, 0.3) is 0 Å². The molecule has 0 aliphatic heterocycles. The minimum absolute atomic E-state index is 0.0731. The van der Waals surface area contributed by atoms with Crippen molar-refractivity contribution in [1.29, 1.82) is 0 Å². The number of rotatable bonds is 3. The number of benzene rings is 2. The molecule has 5 nitrogen and oxygen atoms in total. The van der Waals surface area contributed by atoms with Crippen molar-refractivity contribution in [3.05, 3.63) is 62.4 Å². The second-order valence-corrected chi connectivity index (χ2v) is 5.35. The van der Waals surface area contributed by atoms with Gasteiger partial charge >= 0.3 is 0 Å². The summed E-state index contributed by atoms with van der Waals surface area (Å²) in [6.07, 6.45) is 0. The first-order valence-corrected chi connectivity index (χ1v) is 7.00. The Morgan fingerprint density at radius 1 is 1.14 bits per heavy atom. The largest absolute Gasteiger partial charge is 0.332 e. The Hall–Kier alpha value is -1.96. The number of thiocarbonyl (C=S) groups is 1. The van der Waals surface area contributed by atoms with E-state index in [4.69, 9.17) is 35.4 Å². The second kappa shape index (κ2) is 6.87. The maximum Gasteiger partial charge on any atom is 0.295 e. The first-order chi connectivity index (χ1) is 10.4. The van der Waals surface area contributed by atoms with Crippen LogP contribution in [0.3, 0.4) is 0 Å². The van der Waals surface area contributed by atoms with Crippen molar-refractivity contribution in [2.24, 2.45) is 0 Å². The summed E-state index contributed by atoms with van der Waals surface area (Å²) >= 11 is 16.7. The number of anilines is 2. The van der Waals surface area contributed by atoms with E-state index in [-0.39, 0.29) is 10.8 Å². The minimum atomic E-state index is -0.708. The van der Waals surface area contributed by atoms with Gasteiger partial charge in [0, 0.05) is 5.69 Å². The van der Waals surface area contributed by atoms with E-state index in [0.29, 0.717) is 15.7 Å². The number of halogens is 3. The smallest absolute Gasteiger partial charge is 0.295 e. The fourth-order valence-corrected chi connectivity index (χ4v) is 2.15. The van der Waals surface area contributed by atoms with Crippen LogP contribution in [0.1, 0.15) is 0 Å². The first kappa shape index (κ1) is 16.4. The molecule has 0 heterocycles. The van der Waals surface area contributed by atoms with Crippen molar-refractivity contribution in [3.8, 4) is 0 Å². The molecular formula is C13H8Cl2FN3O2S.